The summed E-state index contributed by atoms with van der Waals surface area (Å²) in [7, 11) is -2.56. The Morgan fingerprint density at radius 1 is 1.32 bits per heavy atom. The molecule has 1 aromatic carbocycles. The number of hydrogen-bond acceptors (Lipinski definition) is 4. The molecule has 100 valence electrons. The molecule has 2 aromatic rings. The molecule has 1 heterocycles. The van der Waals surface area contributed by atoms with Crippen molar-refractivity contribution in [1.29, 1.82) is 0 Å². The Labute approximate surface area is 109 Å². The van der Waals surface area contributed by atoms with E-state index >= 15 is 0 Å². The maximum Gasteiger partial charge on any atom is 0.337 e. The molecule has 0 saturated carbocycles. The lowest BCUT2D eigenvalue weighted by atomic mass is 10.2. The first-order chi connectivity index (χ1) is 8.94. The Hall–Kier alpha value is -2.35. The first-order valence-corrected chi connectivity index (χ1v) is 6.69. The smallest absolute Gasteiger partial charge is 0.337 e. The molecule has 19 heavy (non-hydrogen) atoms. The number of carbonyl (C=O) groups is 1. The molecule has 0 atom stereocenters. The summed E-state index contributed by atoms with van der Waals surface area (Å²) in [5.41, 5.74) is -0.00214. The summed E-state index contributed by atoms with van der Waals surface area (Å²) in [6, 6.07) is 7.17. The van der Waals surface area contributed by atoms with E-state index in [0.29, 0.717) is 0 Å². The summed E-state index contributed by atoms with van der Waals surface area (Å²) in [4.78, 5) is 11.1. The lowest BCUT2D eigenvalue weighted by Crippen LogP contribution is -2.28. The second kappa shape index (κ2) is 4.73. The molecule has 2 rings (SSSR count). The van der Waals surface area contributed by atoms with Crippen LogP contribution in [0.1, 0.15) is 10.4 Å². The molecule has 0 saturated heterocycles. The zero-order chi connectivity index (χ0) is 14.0. The predicted molar refractivity (Wildman–Crippen MR) is 67.6 cm³/mol. The van der Waals surface area contributed by atoms with Crippen LogP contribution in [0.5, 0.6) is 0 Å². The van der Waals surface area contributed by atoms with Crippen LogP contribution in [-0.4, -0.2) is 36.7 Å². The van der Waals surface area contributed by atoms with Crippen LogP contribution in [0.15, 0.2) is 41.6 Å². The van der Waals surface area contributed by atoms with E-state index in [4.69, 9.17) is 5.11 Å². The number of hydrogen-bond donors (Lipinski definition) is 2. The molecule has 0 aliphatic heterocycles. The van der Waals surface area contributed by atoms with Gasteiger partial charge in [0.1, 0.15) is 0 Å². The van der Waals surface area contributed by atoms with Gasteiger partial charge in [0.05, 0.1) is 17.4 Å². The maximum absolute atomic E-state index is 12.2. The van der Waals surface area contributed by atoms with Gasteiger partial charge in [0.2, 0.25) is 0 Å². The van der Waals surface area contributed by atoms with Gasteiger partial charge in [0, 0.05) is 7.05 Å². The summed E-state index contributed by atoms with van der Waals surface area (Å²) in [6.07, 6.45) is 1.31. The van der Waals surface area contributed by atoms with Crippen molar-refractivity contribution in [2.45, 2.75) is 5.03 Å². The van der Waals surface area contributed by atoms with Crippen LogP contribution in [-0.2, 0) is 10.0 Å². The van der Waals surface area contributed by atoms with Crippen LogP contribution in [0.2, 0.25) is 0 Å². The van der Waals surface area contributed by atoms with Crippen molar-refractivity contribution in [3.63, 3.8) is 0 Å². The highest BCUT2D eigenvalue weighted by Gasteiger charge is 2.25. The van der Waals surface area contributed by atoms with Crippen LogP contribution in [0.3, 0.4) is 0 Å². The number of aromatic carboxylic acids is 1. The average molecular weight is 281 g/mol. The van der Waals surface area contributed by atoms with E-state index in [1.54, 1.807) is 6.07 Å². The predicted octanol–water partition coefficient (Wildman–Crippen LogP) is 0.933. The third-order valence-electron chi connectivity index (χ3n) is 2.59. The van der Waals surface area contributed by atoms with Crippen LogP contribution in [0, 0.1) is 0 Å². The first-order valence-electron chi connectivity index (χ1n) is 5.25. The molecule has 0 bridgehead atoms. The van der Waals surface area contributed by atoms with E-state index in [9.17, 15) is 13.2 Å². The molecule has 1 aromatic heterocycles. The third kappa shape index (κ3) is 2.29. The van der Waals surface area contributed by atoms with E-state index in [2.05, 4.69) is 10.2 Å². The van der Waals surface area contributed by atoms with Gasteiger partial charge < -0.3 is 5.11 Å². The Kier molecular flexibility index (Phi) is 3.26. The number of rotatable bonds is 4. The number of anilines is 1. The van der Waals surface area contributed by atoms with Gasteiger partial charge in [0.15, 0.2) is 5.03 Å². The lowest BCUT2D eigenvalue weighted by Gasteiger charge is -2.19. The van der Waals surface area contributed by atoms with Gasteiger partial charge in [-0.3, -0.25) is 9.40 Å². The topological polar surface area (TPSA) is 103 Å². The number of carboxylic acid groups (broad SMARTS) is 1. The Morgan fingerprint density at radius 2 is 2.00 bits per heavy atom. The number of nitrogens with one attached hydrogen (secondary N) is 1. The fourth-order valence-corrected chi connectivity index (χ4v) is 2.71. The van der Waals surface area contributed by atoms with Crippen molar-refractivity contribution >= 4 is 21.7 Å². The molecule has 7 nitrogen and oxygen atoms in total. The number of aromatic amines is 1. The van der Waals surface area contributed by atoms with Gasteiger partial charge >= 0.3 is 5.97 Å². The SMILES string of the molecule is CN(c1ccccc1C(=O)O)S(=O)(=O)c1ccn[nH]1. The number of para-hydroxylation sites is 1. The monoisotopic (exact) mass is 281 g/mol. The number of H-pyrrole nitrogens is 1. The van der Waals surface area contributed by atoms with Crippen molar-refractivity contribution in [2.24, 2.45) is 0 Å². The lowest BCUT2D eigenvalue weighted by molar-refractivity contribution is 0.0698. The number of carboxylic acids is 1. The largest absolute Gasteiger partial charge is 0.478 e. The van der Waals surface area contributed by atoms with Gasteiger partial charge in [-0.05, 0) is 18.2 Å². The molecular weight excluding hydrogens is 270 g/mol. The molecule has 2 N–H and O–H groups in total. The average Bonchev–Trinajstić information content (AvgIpc) is 2.92. The van der Waals surface area contributed by atoms with Crippen LogP contribution in [0.4, 0.5) is 5.69 Å². The normalized spacial score (nSPS) is 11.2. The quantitative estimate of drug-likeness (QED) is 0.867. The molecule has 0 unspecified atom stereocenters. The summed E-state index contributed by atoms with van der Waals surface area (Å²) < 4.78 is 25.4. The minimum Gasteiger partial charge on any atom is -0.478 e. The molecule has 0 aliphatic carbocycles. The van der Waals surface area contributed by atoms with Crippen LogP contribution in [0.25, 0.3) is 0 Å². The zero-order valence-electron chi connectivity index (χ0n) is 9.94. The highest BCUT2D eigenvalue weighted by molar-refractivity contribution is 7.92. The van der Waals surface area contributed by atoms with E-state index in [1.807, 2.05) is 0 Å². The summed E-state index contributed by atoms with van der Waals surface area (Å²) >= 11 is 0. The fraction of sp³-hybridized carbons (Fsp3) is 0.0909. The minimum atomic E-state index is -3.85. The van der Waals surface area contributed by atoms with Crippen molar-refractivity contribution in [3.8, 4) is 0 Å². The van der Waals surface area contributed by atoms with Crippen molar-refractivity contribution in [1.82, 2.24) is 10.2 Å². The standard InChI is InChI=1S/C11H11N3O4S/c1-14(19(17,18)10-6-7-12-13-10)9-5-3-2-4-8(9)11(15)16/h2-7H,1H3,(H,12,13)(H,15,16). The van der Waals surface area contributed by atoms with Gasteiger partial charge in [-0.25, -0.2) is 4.79 Å². The number of benzene rings is 1. The molecule has 0 aliphatic rings. The van der Waals surface area contributed by atoms with Crippen molar-refractivity contribution in [2.75, 3.05) is 11.4 Å². The second-order valence-corrected chi connectivity index (χ2v) is 5.65. The molecule has 8 heteroatoms. The summed E-state index contributed by atoms with van der Waals surface area (Å²) in [5.74, 6) is -1.19. The van der Waals surface area contributed by atoms with E-state index < -0.39 is 16.0 Å². The highest BCUT2D eigenvalue weighted by Crippen LogP contribution is 2.24. The first kappa shape index (κ1) is 13.1. The van der Waals surface area contributed by atoms with Gasteiger partial charge in [-0.15, -0.1) is 0 Å². The summed E-state index contributed by atoms with van der Waals surface area (Å²) in [5, 5.41) is 14.9. The highest BCUT2D eigenvalue weighted by atomic mass is 32.2. The van der Waals surface area contributed by atoms with Crippen LogP contribution >= 0.6 is 0 Å². The Balaban J connectivity index is 2.52. The molecule has 0 radical (unpaired) electrons. The summed E-state index contributed by atoms with van der Waals surface area (Å²) in [6.45, 7) is 0. The maximum atomic E-state index is 12.2. The third-order valence-corrected chi connectivity index (χ3v) is 4.29. The van der Waals surface area contributed by atoms with Crippen molar-refractivity contribution in [3.05, 3.63) is 42.1 Å². The van der Waals surface area contributed by atoms with Gasteiger partial charge in [-0.2, -0.15) is 13.5 Å². The molecular formula is C11H11N3O4S. The number of aromatic nitrogens is 2. The number of nitrogens with zero attached hydrogens (tertiary/aromatic N) is 2. The Morgan fingerprint density at radius 3 is 2.58 bits per heavy atom. The van der Waals surface area contributed by atoms with Crippen molar-refractivity contribution < 1.29 is 18.3 Å². The van der Waals surface area contributed by atoms with E-state index in [-0.39, 0.29) is 16.3 Å². The van der Waals surface area contributed by atoms with Gasteiger partial charge in [0.25, 0.3) is 10.0 Å². The second-order valence-electron chi connectivity index (χ2n) is 3.72. The number of sulfonamides is 1. The molecule has 0 fully saturated rings. The zero-order valence-corrected chi connectivity index (χ0v) is 10.8. The molecule has 0 spiro atoms. The van der Waals surface area contributed by atoms with E-state index in [0.717, 1.165) is 4.31 Å². The van der Waals surface area contributed by atoms with Gasteiger partial charge in [-0.1, -0.05) is 12.1 Å². The van der Waals surface area contributed by atoms with E-state index in [1.165, 1.54) is 37.5 Å². The minimum absolute atomic E-state index is 0.0876. The fourth-order valence-electron chi connectivity index (χ4n) is 1.59. The Bertz CT molecular complexity index is 694. The van der Waals surface area contributed by atoms with Crippen LogP contribution < -0.4 is 4.31 Å². The molecule has 0 amide bonds.